The molecule has 2 aromatic carbocycles. The molecule has 7 heteroatoms. The number of carbonyl (C=O) groups is 1. The third-order valence-corrected chi connectivity index (χ3v) is 5.73. The van der Waals surface area contributed by atoms with Crippen LogP contribution in [0.4, 0.5) is 4.39 Å². The van der Waals surface area contributed by atoms with Crippen LogP contribution in [-0.4, -0.2) is 21.1 Å². The van der Waals surface area contributed by atoms with Gasteiger partial charge in [0, 0.05) is 23.0 Å². The van der Waals surface area contributed by atoms with Gasteiger partial charge in [-0.15, -0.1) is 0 Å². The Hall–Kier alpha value is -2.83. The van der Waals surface area contributed by atoms with E-state index < -0.39 is 17.1 Å². The maximum Gasteiger partial charge on any atom is 0.258 e. The summed E-state index contributed by atoms with van der Waals surface area (Å²) < 4.78 is 14.2. The molecule has 1 aliphatic carbocycles. The van der Waals surface area contributed by atoms with Crippen LogP contribution in [0.15, 0.2) is 48.7 Å². The van der Waals surface area contributed by atoms with Gasteiger partial charge in [-0.3, -0.25) is 10.0 Å². The maximum atomic E-state index is 14.2. The van der Waals surface area contributed by atoms with Gasteiger partial charge in [-0.25, -0.2) is 19.8 Å². The molecule has 1 atom stereocenters. The predicted molar refractivity (Wildman–Crippen MR) is 103 cm³/mol. The number of aryl methyl sites for hydroxylation is 1. The van der Waals surface area contributed by atoms with Crippen molar-refractivity contribution in [2.24, 2.45) is 0 Å². The lowest BCUT2D eigenvalue weighted by Crippen LogP contribution is -2.43. The number of benzene rings is 2. The number of nitrogens with one attached hydrogen (secondary N) is 1. The first-order valence-electron chi connectivity index (χ1n) is 8.80. The lowest BCUT2D eigenvalue weighted by atomic mass is 9.73. The fourth-order valence-corrected chi connectivity index (χ4v) is 4.20. The van der Waals surface area contributed by atoms with Crippen LogP contribution >= 0.6 is 11.6 Å². The van der Waals surface area contributed by atoms with Gasteiger partial charge in [0.1, 0.15) is 11.2 Å². The summed E-state index contributed by atoms with van der Waals surface area (Å²) in [6.45, 7) is 1.62. The summed E-state index contributed by atoms with van der Waals surface area (Å²) in [4.78, 5) is 21.9. The molecule has 0 saturated carbocycles. The Bertz CT molecular complexity index is 1090. The number of rotatable bonds is 3. The Morgan fingerprint density at radius 2 is 2.00 bits per heavy atom. The van der Waals surface area contributed by atoms with E-state index in [4.69, 9.17) is 11.6 Å². The summed E-state index contributed by atoms with van der Waals surface area (Å²) in [5.74, 6) is -0.584. The lowest BCUT2D eigenvalue weighted by molar-refractivity contribution is -0.133. The average molecular weight is 398 g/mol. The molecule has 0 saturated heterocycles. The molecule has 5 nitrogen and oxygen atoms in total. The summed E-state index contributed by atoms with van der Waals surface area (Å²) in [5, 5.41) is 9.95. The maximum absolute atomic E-state index is 14.2. The van der Waals surface area contributed by atoms with E-state index in [-0.39, 0.29) is 0 Å². The number of hydroxylamine groups is 1. The van der Waals surface area contributed by atoms with E-state index in [2.05, 4.69) is 9.97 Å². The SMILES string of the molecule is Cc1c(F)cccc1[C@]1(C(=O)NO)CCc2nc(-c3ccccc3Cl)ncc21. The number of hydrogen-bond donors (Lipinski definition) is 2. The van der Waals surface area contributed by atoms with Gasteiger partial charge in [0.15, 0.2) is 5.82 Å². The average Bonchev–Trinajstić information content (AvgIpc) is 3.09. The highest BCUT2D eigenvalue weighted by Gasteiger charge is 2.49. The molecule has 0 bridgehead atoms. The minimum Gasteiger partial charge on any atom is -0.289 e. The molecule has 28 heavy (non-hydrogen) atoms. The molecule has 1 amide bonds. The van der Waals surface area contributed by atoms with Gasteiger partial charge in [0.2, 0.25) is 0 Å². The van der Waals surface area contributed by atoms with Crippen LogP contribution < -0.4 is 5.48 Å². The Morgan fingerprint density at radius 3 is 2.75 bits per heavy atom. The van der Waals surface area contributed by atoms with Gasteiger partial charge in [0.05, 0.1) is 5.02 Å². The summed E-state index contributed by atoms with van der Waals surface area (Å²) in [5.41, 5.74) is 3.27. The zero-order chi connectivity index (χ0) is 19.9. The molecule has 3 aromatic rings. The summed E-state index contributed by atoms with van der Waals surface area (Å²) >= 11 is 6.25. The van der Waals surface area contributed by atoms with Gasteiger partial charge in [-0.2, -0.15) is 0 Å². The normalized spacial score (nSPS) is 18.0. The number of aromatic nitrogens is 2. The van der Waals surface area contributed by atoms with E-state index in [1.807, 2.05) is 18.2 Å². The van der Waals surface area contributed by atoms with Gasteiger partial charge in [0.25, 0.3) is 5.91 Å². The number of hydrogen-bond acceptors (Lipinski definition) is 4. The number of carbonyl (C=O) groups excluding carboxylic acids is 1. The quantitative estimate of drug-likeness (QED) is 0.517. The second kappa shape index (κ2) is 6.96. The first-order chi connectivity index (χ1) is 13.5. The molecule has 1 aliphatic rings. The molecule has 2 N–H and O–H groups in total. The topological polar surface area (TPSA) is 75.1 Å². The van der Waals surface area contributed by atoms with Crippen LogP contribution in [-0.2, 0) is 16.6 Å². The predicted octanol–water partition coefficient (Wildman–Crippen LogP) is 3.98. The van der Waals surface area contributed by atoms with Crippen molar-refractivity contribution in [2.75, 3.05) is 0 Å². The van der Waals surface area contributed by atoms with E-state index in [9.17, 15) is 14.4 Å². The molecule has 1 aromatic heterocycles. The molecule has 0 fully saturated rings. The fourth-order valence-electron chi connectivity index (χ4n) is 3.98. The van der Waals surface area contributed by atoms with E-state index in [0.717, 1.165) is 0 Å². The van der Waals surface area contributed by atoms with Crippen molar-refractivity contribution in [3.63, 3.8) is 0 Å². The number of amides is 1. The molecule has 1 heterocycles. The standard InChI is InChI=1S/C21H17ClFN3O2/c1-12-14(6-4-8-17(12)23)21(20(27)26-28)10-9-18-15(21)11-24-19(25-18)13-5-2-3-7-16(13)22/h2-8,11,28H,9-10H2,1H3,(H,26,27)/t21-/m1/s1. The minimum atomic E-state index is -1.25. The van der Waals surface area contributed by atoms with Crippen molar-refractivity contribution in [3.05, 3.63) is 81.9 Å². The largest absolute Gasteiger partial charge is 0.289 e. The van der Waals surface area contributed by atoms with Crippen LogP contribution in [0, 0.1) is 12.7 Å². The molecule has 0 spiro atoms. The van der Waals surface area contributed by atoms with Gasteiger partial charge >= 0.3 is 0 Å². The Kier molecular flexibility index (Phi) is 4.61. The highest BCUT2D eigenvalue weighted by atomic mass is 35.5. The van der Waals surface area contributed by atoms with Crippen LogP contribution in [0.5, 0.6) is 0 Å². The monoisotopic (exact) mass is 397 g/mol. The highest BCUT2D eigenvalue weighted by molar-refractivity contribution is 6.33. The van der Waals surface area contributed by atoms with Crippen LogP contribution in [0.3, 0.4) is 0 Å². The Balaban J connectivity index is 1.91. The number of fused-ring (bicyclic) bond motifs is 1. The third-order valence-electron chi connectivity index (χ3n) is 5.40. The fraction of sp³-hybridized carbons (Fsp3) is 0.190. The molecule has 0 radical (unpaired) electrons. The third kappa shape index (κ3) is 2.68. The number of halogens is 2. The molecule has 142 valence electrons. The molecule has 4 rings (SSSR count). The van der Waals surface area contributed by atoms with Crippen LogP contribution in [0.2, 0.25) is 5.02 Å². The first kappa shape index (κ1) is 18.5. The lowest BCUT2D eigenvalue weighted by Gasteiger charge is -2.29. The first-order valence-corrected chi connectivity index (χ1v) is 9.18. The van der Waals surface area contributed by atoms with Crippen LogP contribution in [0.25, 0.3) is 11.4 Å². The molecular weight excluding hydrogens is 381 g/mol. The van der Waals surface area contributed by atoms with E-state index in [0.29, 0.717) is 51.6 Å². The van der Waals surface area contributed by atoms with Crippen LogP contribution in [0.1, 0.15) is 28.8 Å². The van der Waals surface area contributed by atoms with Crippen molar-refractivity contribution >= 4 is 17.5 Å². The van der Waals surface area contributed by atoms with Crippen molar-refractivity contribution in [1.29, 1.82) is 0 Å². The Morgan fingerprint density at radius 1 is 1.21 bits per heavy atom. The van der Waals surface area contributed by atoms with E-state index >= 15 is 0 Å². The Labute approximate surface area is 166 Å². The van der Waals surface area contributed by atoms with Crippen molar-refractivity contribution in [1.82, 2.24) is 15.4 Å². The summed E-state index contributed by atoms with van der Waals surface area (Å²) in [6.07, 6.45) is 2.41. The van der Waals surface area contributed by atoms with Crippen molar-refractivity contribution in [3.8, 4) is 11.4 Å². The second-order valence-corrected chi connectivity index (χ2v) is 7.20. The van der Waals surface area contributed by atoms with Crippen molar-refractivity contribution < 1.29 is 14.4 Å². The van der Waals surface area contributed by atoms with E-state index in [1.165, 1.54) is 6.07 Å². The zero-order valence-corrected chi connectivity index (χ0v) is 15.8. The smallest absolute Gasteiger partial charge is 0.258 e. The number of nitrogens with zero attached hydrogens (tertiary/aromatic N) is 2. The minimum absolute atomic E-state index is 0.347. The van der Waals surface area contributed by atoms with Crippen molar-refractivity contribution in [2.45, 2.75) is 25.2 Å². The molecular formula is C21H17ClFN3O2. The second-order valence-electron chi connectivity index (χ2n) is 6.79. The molecule has 0 unspecified atom stereocenters. The highest BCUT2D eigenvalue weighted by Crippen LogP contribution is 2.45. The van der Waals surface area contributed by atoms with Gasteiger partial charge in [-0.05, 0) is 49.1 Å². The zero-order valence-electron chi connectivity index (χ0n) is 15.0. The summed E-state index contributed by atoms with van der Waals surface area (Å²) in [6, 6.07) is 11.8. The van der Waals surface area contributed by atoms with E-state index in [1.54, 1.807) is 36.8 Å². The van der Waals surface area contributed by atoms with Gasteiger partial charge < -0.3 is 0 Å². The molecule has 0 aliphatic heterocycles. The summed E-state index contributed by atoms with van der Waals surface area (Å²) in [7, 11) is 0. The van der Waals surface area contributed by atoms with Gasteiger partial charge in [-0.1, -0.05) is 35.9 Å².